The molecule has 36 heavy (non-hydrogen) atoms. The molecule has 11 heteroatoms. The van der Waals surface area contributed by atoms with Gasteiger partial charge in [0.05, 0.1) is 19.1 Å². The van der Waals surface area contributed by atoms with Gasteiger partial charge in [-0.3, -0.25) is 9.52 Å². The molecule has 1 radical (unpaired) electrons. The van der Waals surface area contributed by atoms with Crippen LogP contribution < -0.4 is 14.2 Å². The van der Waals surface area contributed by atoms with E-state index >= 15 is 0 Å². The summed E-state index contributed by atoms with van der Waals surface area (Å²) in [5.41, 5.74) is 1.93. The maximum atomic E-state index is 12.8. The summed E-state index contributed by atoms with van der Waals surface area (Å²) in [5, 5.41) is 5.60. The van der Waals surface area contributed by atoms with Gasteiger partial charge in [-0.25, -0.2) is 8.42 Å². The SMILES string of the molecule is COc1cc(OC)c(-c2cccs2)cc1/C=C/C(=O)c1ccc(S(=O)(=O)Nc2cc(C)on2)cc1.[Na]. The molecule has 4 rings (SSSR count). The largest absolute Gasteiger partial charge is 0.496 e. The molecule has 1 N–H and O–H groups in total. The Labute approximate surface area is 235 Å². The van der Waals surface area contributed by atoms with Crippen LogP contribution in [0.1, 0.15) is 21.7 Å². The number of carbonyl (C=O) groups excluding carboxylic acids is 1. The van der Waals surface area contributed by atoms with Gasteiger partial charge in [0, 0.05) is 63.3 Å². The summed E-state index contributed by atoms with van der Waals surface area (Å²) in [4.78, 5) is 13.8. The molecule has 2 aromatic carbocycles. The zero-order chi connectivity index (χ0) is 25.0. The number of thiophene rings is 1. The molecule has 0 unspecified atom stereocenters. The molecular formula is C25H22N2NaO6S2. The van der Waals surface area contributed by atoms with Crippen molar-refractivity contribution in [3.8, 4) is 21.9 Å². The fraction of sp³-hybridized carbons (Fsp3) is 0.120. The summed E-state index contributed by atoms with van der Waals surface area (Å²) in [7, 11) is -0.727. The van der Waals surface area contributed by atoms with Crippen molar-refractivity contribution >= 4 is 68.6 Å². The van der Waals surface area contributed by atoms with Gasteiger partial charge in [0.2, 0.25) is 0 Å². The minimum Gasteiger partial charge on any atom is -0.496 e. The predicted octanol–water partition coefficient (Wildman–Crippen LogP) is 5.04. The van der Waals surface area contributed by atoms with Gasteiger partial charge in [0.1, 0.15) is 17.3 Å². The van der Waals surface area contributed by atoms with Gasteiger partial charge < -0.3 is 14.0 Å². The van der Waals surface area contributed by atoms with Crippen LogP contribution in [0.2, 0.25) is 0 Å². The smallest absolute Gasteiger partial charge is 0.263 e. The number of methoxy groups -OCH3 is 2. The van der Waals surface area contributed by atoms with Crippen molar-refractivity contribution in [3.05, 3.63) is 82.9 Å². The van der Waals surface area contributed by atoms with E-state index in [1.54, 1.807) is 44.6 Å². The number of aromatic nitrogens is 1. The van der Waals surface area contributed by atoms with E-state index in [0.29, 0.717) is 28.4 Å². The van der Waals surface area contributed by atoms with E-state index in [4.69, 9.17) is 14.0 Å². The summed E-state index contributed by atoms with van der Waals surface area (Å²) in [5.74, 6) is 1.50. The molecule has 2 heterocycles. The van der Waals surface area contributed by atoms with Crippen LogP contribution in [0.5, 0.6) is 11.5 Å². The van der Waals surface area contributed by atoms with E-state index < -0.39 is 10.0 Å². The topological polar surface area (TPSA) is 108 Å². The molecule has 0 fully saturated rings. The minimum absolute atomic E-state index is 0. The third kappa shape index (κ3) is 6.26. The molecular weight excluding hydrogens is 511 g/mol. The molecule has 0 atom stereocenters. The number of rotatable bonds is 9. The molecule has 0 saturated carbocycles. The Morgan fingerprint density at radius 3 is 2.36 bits per heavy atom. The maximum Gasteiger partial charge on any atom is 0.263 e. The number of sulfonamides is 1. The van der Waals surface area contributed by atoms with Gasteiger partial charge in [0.25, 0.3) is 10.0 Å². The average molecular weight is 534 g/mol. The maximum absolute atomic E-state index is 12.8. The molecule has 0 aliphatic heterocycles. The molecule has 0 bridgehead atoms. The molecule has 181 valence electrons. The number of ether oxygens (including phenoxy) is 2. The first-order chi connectivity index (χ1) is 16.8. The van der Waals surface area contributed by atoms with Crippen LogP contribution in [0.4, 0.5) is 5.82 Å². The normalized spacial score (nSPS) is 11.2. The number of ketones is 1. The number of benzene rings is 2. The number of carbonyl (C=O) groups is 1. The Morgan fingerprint density at radius 2 is 1.78 bits per heavy atom. The van der Waals surface area contributed by atoms with E-state index in [1.807, 2.05) is 23.6 Å². The summed E-state index contributed by atoms with van der Waals surface area (Å²) >= 11 is 1.58. The monoisotopic (exact) mass is 533 g/mol. The van der Waals surface area contributed by atoms with Gasteiger partial charge in [-0.15, -0.1) is 11.3 Å². The van der Waals surface area contributed by atoms with Gasteiger partial charge >= 0.3 is 0 Å². The van der Waals surface area contributed by atoms with E-state index in [1.165, 1.54) is 36.4 Å². The van der Waals surface area contributed by atoms with E-state index in [9.17, 15) is 13.2 Å². The van der Waals surface area contributed by atoms with Crippen LogP contribution in [-0.4, -0.2) is 63.1 Å². The first-order valence-corrected chi connectivity index (χ1v) is 12.8. The summed E-state index contributed by atoms with van der Waals surface area (Å²) < 4.78 is 43.3. The molecule has 0 spiro atoms. The number of hydrogen-bond donors (Lipinski definition) is 1. The number of aryl methyl sites for hydroxylation is 1. The number of nitrogens with zero attached hydrogens (tertiary/aromatic N) is 1. The van der Waals surface area contributed by atoms with E-state index in [2.05, 4.69) is 9.88 Å². The molecule has 2 aromatic heterocycles. The van der Waals surface area contributed by atoms with Crippen molar-refractivity contribution in [1.29, 1.82) is 0 Å². The Bertz CT molecular complexity index is 1480. The second-order valence-electron chi connectivity index (χ2n) is 7.42. The Hall–Kier alpha value is -2.89. The predicted molar refractivity (Wildman–Crippen MR) is 140 cm³/mol. The summed E-state index contributed by atoms with van der Waals surface area (Å²) in [6.07, 6.45) is 3.08. The van der Waals surface area contributed by atoms with Crippen LogP contribution in [0.15, 0.2) is 75.5 Å². The third-order valence-corrected chi connectivity index (χ3v) is 7.34. The van der Waals surface area contributed by atoms with Crippen molar-refractivity contribution in [3.63, 3.8) is 0 Å². The summed E-state index contributed by atoms with van der Waals surface area (Å²) in [6, 6.07) is 14.7. The minimum atomic E-state index is -3.87. The molecule has 0 aliphatic carbocycles. The molecule has 4 aromatic rings. The van der Waals surface area contributed by atoms with Crippen LogP contribution in [0.25, 0.3) is 16.5 Å². The standard InChI is InChI=1S/C25H22N2O6S2.Na/c1-16-13-25(26-33-16)27-35(29,30)19-9-6-17(7-10-19)21(28)11-8-18-14-20(24-5-4-12-34-24)23(32-3)15-22(18)31-2;/h4-15H,1-3H3,(H,26,27);/b11-8+;. The second kappa shape index (κ2) is 11.9. The molecule has 0 aliphatic rings. The zero-order valence-electron chi connectivity index (χ0n) is 20.1. The molecule has 8 nitrogen and oxygen atoms in total. The Kier molecular flexibility index (Phi) is 9.15. The fourth-order valence-corrected chi connectivity index (χ4v) is 5.08. The van der Waals surface area contributed by atoms with Crippen molar-refractivity contribution in [2.24, 2.45) is 0 Å². The van der Waals surface area contributed by atoms with Gasteiger partial charge in [0.15, 0.2) is 11.6 Å². The second-order valence-corrected chi connectivity index (χ2v) is 10.1. The fourth-order valence-electron chi connectivity index (χ4n) is 3.35. The van der Waals surface area contributed by atoms with Gasteiger partial charge in [-0.2, -0.15) is 0 Å². The quantitative estimate of drug-likeness (QED) is 0.182. The first kappa shape index (κ1) is 27.7. The Morgan fingerprint density at radius 1 is 1.06 bits per heavy atom. The van der Waals surface area contributed by atoms with Gasteiger partial charge in [-0.05, 0) is 60.9 Å². The average Bonchev–Trinajstić information content (AvgIpc) is 3.53. The number of allylic oxidation sites excluding steroid dienone is 1. The van der Waals surface area contributed by atoms with E-state index in [-0.39, 0.29) is 46.1 Å². The van der Waals surface area contributed by atoms with Crippen LogP contribution in [0, 0.1) is 6.92 Å². The zero-order valence-corrected chi connectivity index (χ0v) is 23.8. The van der Waals surface area contributed by atoms with Crippen molar-refractivity contribution in [2.75, 3.05) is 18.9 Å². The van der Waals surface area contributed by atoms with Crippen LogP contribution in [0.3, 0.4) is 0 Å². The van der Waals surface area contributed by atoms with Crippen LogP contribution in [-0.2, 0) is 10.0 Å². The van der Waals surface area contributed by atoms with Crippen LogP contribution >= 0.6 is 11.3 Å². The summed E-state index contributed by atoms with van der Waals surface area (Å²) in [6.45, 7) is 1.66. The Balaban J connectivity index is 0.00000361. The number of nitrogens with one attached hydrogen (secondary N) is 1. The molecule has 0 saturated heterocycles. The van der Waals surface area contributed by atoms with E-state index in [0.717, 1.165) is 10.4 Å². The number of hydrogen-bond acceptors (Lipinski definition) is 8. The third-order valence-electron chi connectivity index (χ3n) is 5.07. The van der Waals surface area contributed by atoms with Crippen molar-refractivity contribution in [2.45, 2.75) is 11.8 Å². The first-order valence-electron chi connectivity index (χ1n) is 10.4. The van der Waals surface area contributed by atoms with Crippen molar-refractivity contribution in [1.82, 2.24) is 5.16 Å². The molecule has 0 amide bonds. The van der Waals surface area contributed by atoms with Gasteiger partial charge in [-0.1, -0.05) is 11.2 Å². The number of anilines is 1. The van der Waals surface area contributed by atoms with Crippen molar-refractivity contribution < 1.29 is 27.2 Å².